The molecular formula is C23H30. The van der Waals surface area contributed by atoms with Gasteiger partial charge in [0.05, 0.1) is 0 Å². The molecule has 0 saturated heterocycles. The third-order valence-electron chi connectivity index (χ3n) is 7.70. The number of aryl methyl sites for hydroxylation is 1. The smallest absolute Gasteiger partial charge is 0.00333 e. The van der Waals surface area contributed by atoms with Crippen LogP contribution in [0.2, 0.25) is 0 Å². The van der Waals surface area contributed by atoms with E-state index in [9.17, 15) is 0 Å². The molecule has 4 fully saturated rings. The number of allylic oxidation sites excluding steroid dienone is 2. The predicted octanol–water partition coefficient (Wildman–Crippen LogP) is 6.33. The Kier molecular flexibility index (Phi) is 3.10. The normalized spacial score (nSPS) is 41.9. The molecule has 23 heavy (non-hydrogen) atoms. The molecule has 4 bridgehead atoms. The fraction of sp³-hybridized carbons (Fsp3) is 0.652. The summed E-state index contributed by atoms with van der Waals surface area (Å²) in [6.07, 6.45) is 17.3. The van der Waals surface area contributed by atoms with Crippen LogP contribution in [0.25, 0.3) is 0 Å². The van der Waals surface area contributed by atoms with Gasteiger partial charge in [-0.1, -0.05) is 41.5 Å². The summed E-state index contributed by atoms with van der Waals surface area (Å²) in [7, 11) is 0. The highest BCUT2D eigenvalue weighted by atomic mass is 14.6. The zero-order valence-electron chi connectivity index (χ0n) is 14.6. The molecule has 6 rings (SSSR count). The minimum Gasteiger partial charge on any atom is -0.0848 e. The topological polar surface area (TPSA) is 0 Å². The second kappa shape index (κ2) is 4.98. The molecule has 122 valence electrons. The average Bonchev–Trinajstić information content (AvgIpc) is 2.55. The minimum absolute atomic E-state index is 0.510. The van der Waals surface area contributed by atoms with Crippen molar-refractivity contribution in [2.75, 3.05) is 0 Å². The van der Waals surface area contributed by atoms with Crippen LogP contribution in [0.5, 0.6) is 0 Å². The molecule has 2 unspecified atom stereocenters. The summed E-state index contributed by atoms with van der Waals surface area (Å²) in [5.41, 5.74) is 6.06. The van der Waals surface area contributed by atoms with E-state index in [0.717, 1.165) is 11.8 Å². The van der Waals surface area contributed by atoms with Crippen LogP contribution in [0.3, 0.4) is 0 Å². The minimum atomic E-state index is 0.510. The van der Waals surface area contributed by atoms with E-state index in [4.69, 9.17) is 0 Å². The Morgan fingerprint density at radius 3 is 2.22 bits per heavy atom. The molecule has 4 atom stereocenters. The van der Waals surface area contributed by atoms with Gasteiger partial charge in [0, 0.05) is 0 Å². The first-order chi connectivity index (χ1) is 11.2. The highest BCUT2D eigenvalue weighted by Crippen LogP contribution is 2.68. The standard InChI is InChI=1S/C23H30/c1-17-7-9-21(10-8-17)23-14-18-11-19(15-23)13-22(12-18,16-23)20-5-3-2-4-6-20/h5,7-10,18-19H,2-4,6,11-16H2,1H3/t18-,19+,22?,23?. The maximum Gasteiger partial charge on any atom is -0.00333 e. The zero-order valence-corrected chi connectivity index (χ0v) is 14.6. The van der Waals surface area contributed by atoms with E-state index in [1.807, 2.05) is 5.57 Å². The maximum absolute atomic E-state index is 2.67. The molecule has 0 nitrogen and oxygen atoms in total. The largest absolute Gasteiger partial charge is 0.0848 e. The highest BCUT2D eigenvalue weighted by Gasteiger charge is 2.58. The number of benzene rings is 1. The van der Waals surface area contributed by atoms with Gasteiger partial charge in [-0.3, -0.25) is 0 Å². The van der Waals surface area contributed by atoms with E-state index in [-0.39, 0.29) is 0 Å². The van der Waals surface area contributed by atoms with Gasteiger partial charge in [0.25, 0.3) is 0 Å². The van der Waals surface area contributed by atoms with Gasteiger partial charge in [-0.05, 0) is 99.4 Å². The van der Waals surface area contributed by atoms with Crippen molar-refractivity contribution in [1.82, 2.24) is 0 Å². The van der Waals surface area contributed by atoms with Gasteiger partial charge in [0.15, 0.2) is 0 Å². The van der Waals surface area contributed by atoms with Gasteiger partial charge in [-0.25, -0.2) is 0 Å². The highest BCUT2D eigenvalue weighted by molar-refractivity contribution is 5.35. The van der Waals surface area contributed by atoms with Crippen molar-refractivity contribution in [3.8, 4) is 0 Å². The van der Waals surface area contributed by atoms with Crippen molar-refractivity contribution < 1.29 is 0 Å². The van der Waals surface area contributed by atoms with E-state index >= 15 is 0 Å². The molecule has 4 saturated carbocycles. The molecular weight excluding hydrogens is 276 g/mol. The van der Waals surface area contributed by atoms with Crippen molar-refractivity contribution >= 4 is 0 Å². The predicted molar refractivity (Wildman–Crippen MR) is 96.5 cm³/mol. The average molecular weight is 306 g/mol. The van der Waals surface area contributed by atoms with Crippen LogP contribution < -0.4 is 0 Å². The number of rotatable bonds is 2. The molecule has 1 aromatic rings. The van der Waals surface area contributed by atoms with Crippen LogP contribution in [-0.4, -0.2) is 0 Å². The lowest BCUT2D eigenvalue weighted by molar-refractivity contribution is -0.0537. The quantitative estimate of drug-likeness (QED) is 0.560. The summed E-state index contributed by atoms with van der Waals surface area (Å²) in [4.78, 5) is 0. The molecule has 1 aromatic carbocycles. The first-order valence-electron chi connectivity index (χ1n) is 9.94. The van der Waals surface area contributed by atoms with Crippen LogP contribution in [-0.2, 0) is 5.41 Å². The second-order valence-corrected chi connectivity index (χ2v) is 9.36. The SMILES string of the molecule is Cc1ccc(C23C[C@@H]4C[C@@H](CC(C5=CCCCC5)(C4)C2)C3)cc1. The van der Waals surface area contributed by atoms with Gasteiger partial charge in [-0.15, -0.1) is 0 Å². The molecule has 5 aliphatic rings. The van der Waals surface area contributed by atoms with Gasteiger partial charge < -0.3 is 0 Å². The lowest BCUT2D eigenvalue weighted by Crippen LogP contribution is -2.54. The number of hydrogen-bond donors (Lipinski definition) is 0. The van der Waals surface area contributed by atoms with Crippen LogP contribution in [0.1, 0.15) is 75.3 Å². The first kappa shape index (κ1) is 14.3. The Hall–Kier alpha value is -1.04. The lowest BCUT2D eigenvalue weighted by Gasteiger charge is -2.63. The lowest BCUT2D eigenvalue weighted by atomic mass is 9.41. The van der Waals surface area contributed by atoms with Gasteiger partial charge in [0.1, 0.15) is 0 Å². The van der Waals surface area contributed by atoms with Crippen molar-refractivity contribution in [1.29, 1.82) is 0 Å². The molecule has 5 aliphatic carbocycles. The fourth-order valence-corrected chi connectivity index (χ4v) is 7.20. The second-order valence-electron chi connectivity index (χ2n) is 9.36. The van der Waals surface area contributed by atoms with Crippen molar-refractivity contribution in [3.63, 3.8) is 0 Å². The summed E-state index contributed by atoms with van der Waals surface area (Å²) in [6.45, 7) is 2.22. The molecule has 0 aromatic heterocycles. The third kappa shape index (κ3) is 2.17. The molecule has 0 aliphatic heterocycles. The van der Waals surface area contributed by atoms with E-state index in [0.29, 0.717) is 10.8 Å². The summed E-state index contributed by atoms with van der Waals surface area (Å²) in [6, 6.07) is 9.62. The van der Waals surface area contributed by atoms with E-state index in [1.165, 1.54) is 69.8 Å². The first-order valence-corrected chi connectivity index (χ1v) is 9.94. The number of hydrogen-bond acceptors (Lipinski definition) is 0. The molecule has 0 heteroatoms. The van der Waals surface area contributed by atoms with Crippen LogP contribution >= 0.6 is 0 Å². The van der Waals surface area contributed by atoms with Gasteiger partial charge in [0.2, 0.25) is 0 Å². The Bertz CT molecular complexity index is 619. The Balaban J connectivity index is 1.57. The molecule has 0 N–H and O–H groups in total. The summed E-state index contributed by atoms with van der Waals surface area (Å²) < 4.78 is 0. The van der Waals surface area contributed by atoms with E-state index in [1.54, 1.807) is 5.56 Å². The maximum atomic E-state index is 2.67. The third-order valence-corrected chi connectivity index (χ3v) is 7.70. The van der Waals surface area contributed by atoms with Crippen LogP contribution in [0.4, 0.5) is 0 Å². The van der Waals surface area contributed by atoms with E-state index < -0.39 is 0 Å². The fourth-order valence-electron chi connectivity index (χ4n) is 7.20. The Morgan fingerprint density at radius 1 is 0.870 bits per heavy atom. The molecule has 0 amide bonds. The van der Waals surface area contributed by atoms with Crippen LogP contribution in [0.15, 0.2) is 35.9 Å². The summed E-state index contributed by atoms with van der Waals surface area (Å²) in [5.74, 6) is 2.00. The molecule has 0 spiro atoms. The van der Waals surface area contributed by atoms with Crippen molar-refractivity contribution in [2.24, 2.45) is 17.3 Å². The Morgan fingerprint density at radius 2 is 1.57 bits per heavy atom. The van der Waals surface area contributed by atoms with Gasteiger partial charge in [-0.2, -0.15) is 0 Å². The zero-order chi connectivity index (χ0) is 15.5. The monoisotopic (exact) mass is 306 g/mol. The molecule has 0 heterocycles. The Labute approximate surface area is 141 Å². The summed E-state index contributed by atoms with van der Waals surface area (Å²) in [5, 5.41) is 0. The summed E-state index contributed by atoms with van der Waals surface area (Å²) >= 11 is 0. The van der Waals surface area contributed by atoms with E-state index in [2.05, 4.69) is 37.3 Å². The van der Waals surface area contributed by atoms with Crippen molar-refractivity contribution in [2.45, 2.75) is 76.5 Å². The molecule has 0 radical (unpaired) electrons. The van der Waals surface area contributed by atoms with Crippen molar-refractivity contribution in [3.05, 3.63) is 47.0 Å². The van der Waals surface area contributed by atoms with Crippen LogP contribution in [0, 0.1) is 24.2 Å². The van der Waals surface area contributed by atoms with Gasteiger partial charge >= 0.3 is 0 Å².